The smallest absolute Gasteiger partial charge is 0.184 e. The number of fused-ring (bicyclic) bond motifs is 1. The van der Waals surface area contributed by atoms with Gasteiger partial charge in [0.1, 0.15) is 0 Å². The van der Waals surface area contributed by atoms with Gasteiger partial charge in [-0.15, -0.1) is 0 Å². The molecule has 0 fully saturated rings. The zero-order chi connectivity index (χ0) is 16.6. The summed E-state index contributed by atoms with van der Waals surface area (Å²) in [5.74, 6) is -0.0983. The topological polar surface area (TPSA) is 42.0 Å². The summed E-state index contributed by atoms with van der Waals surface area (Å²) in [5.41, 5.74) is 3.81. The molecule has 0 aliphatic carbocycles. The molecule has 3 aromatic rings. The number of Topliss-reactive ketones (excluding diaryl/α,β-unsaturated/α-hetero) is 1. The van der Waals surface area contributed by atoms with E-state index >= 15 is 0 Å². The summed E-state index contributed by atoms with van der Waals surface area (Å²) in [4.78, 5) is 16.8. The number of aryl methyl sites for hydroxylation is 2. The Balaban J connectivity index is 0.00000208. The van der Waals surface area contributed by atoms with Crippen LogP contribution in [0.15, 0.2) is 30.3 Å². The predicted molar refractivity (Wildman–Crippen MR) is 98.4 cm³/mol. The second kappa shape index (κ2) is 7.83. The molecule has 0 amide bonds. The molecule has 7 heteroatoms. The molecule has 0 spiro atoms. The second-order valence-corrected chi connectivity index (χ2v) is 7.15. The molecule has 24 heavy (non-hydrogen) atoms. The highest BCUT2D eigenvalue weighted by atomic mass is 79.9. The lowest BCUT2D eigenvalue weighted by atomic mass is 10.1. The van der Waals surface area contributed by atoms with E-state index in [9.17, 15) is 4.79 Å². The number of nitrogens with one attached hydrogen (secondary N) is 1. The van der Waals surface area contributed by atoms with Crippen LogP contribution in [0.4, 0.5) is 5.13 Å². The van der Waals surface area contributed by atoms with Crippen molar-refractivity contribution in [3.05, 3.63) is 57.1 Å². The summed E-state index contributed by atoms with van der Waals surface area (Å²) in [6.07, 6.45) is 0. The lowest BCUT2D eigenvalue weighted by Gasteiger charge is -2.04. The van der Waals surface area contributed by atoms with Gasteiger partial charge < -0.3 is 22.3 Å². The Morgan fingerprint density at radius 3 is 2.67 bits per heavy atom. The van der Waals surface area contributed by atoms with Gasteiger partial charge in [0.2, 0.25) is 0 Å². The van der Waals surface area contributed by atoms with Crippen LogP contribution >= 0.6 is 34.5 Å². The van der Waals surface area contributed by atoms with Gasteiger partial charge in [0.05, 0.1) is 21.8 Å². The monoisotopic (exact) mass is 443 g/mol. The van der Waals surface area contributed by atoms with Crippen LogP contribution in [0.3, 0.4) is 0 Å². The number of nitrogens with zero attached hydrogens (tertiary/aromatic N) is 1. The fourth-order valence-corrected chi connectivity index (χ4v) is 3.70. The molecule has 2 aromatic carbocycles. The Bertz CT molecular complexity index is 911. The molecule has 0 atom stereocenters. The van der Waals surface area contributed by atoms with Crippen LogP contribution in [-0.2, 0) is 0 Å². The van der Waals surface area contributed by atoms with Crippen LogP contribution < -0.4 is 22.3 Å². The minimum atomic E-state index is -0.0983. The molecule has 0 aliphatic rings. The van der Waals surface area contributed by atoms with Gasteiger partial charge in [0.15, 0.2) is 10.9 Å². The van der Waals surface area contributed by atoms with E-state index < -0.39 is 0 Å². The Hall–Kier alpha value is -1.14. The zero-order valence-corrected chi connectivity index (χ0v) is 16.9. The first-order valence-electron chi connectivity index (χ1n) is 7.04. The fraction of sp³-hybridized carbons (Fsp3) is 0.176. The molecule has 1 aromatic heterocycles. The number of aromatic nitrogens is 1. The fourth-order valence-electron chi connectivity index (χ4n) is 2.27. The molecule has 3 nitrogen and oxygen atoms in total. The number of carbonyl (C=O) groups is 1. The third-order valence-corrected chi connectivity index (χ3v) is 5.24. The molecule has 0 radical (unpaired) electrons. The highest BCUT2D eigenvalue weighted by molar-refractivity contribution is 7.22. The van der Waals surface area contributed by atoms with Crippen molar-refractivity contribution in [3.63, 3.8) is 0 Å². The first-order valence-corrected chi connectivity index (χ1v) is 8.62. The molecule has 126 valence electrons. The number of ketones is 1. The van der Waals surface area contributed by atoms with E-state index in [-0.39, 0.29) is 29.3 Å². The summed E-state index contributed by atoms with van der Waals surface area (Å²) in [5, 5.41) is 4.69. The van der Waals surface area contributed by atoms with Gasteiger partial charge in [0.25, 0.3) is 0 Å². The van der Waals surface area contributed by atoms with Crippen LogP contribution in [0.25, 0.3) is 10.2 Å². The quantitative estimate of drug-likeness (QED) is 0.628. The Morgan fingerprint density at radius 1 is 1.21 bits per heavy atom. The largest absolute Gasteiger partial charge is 1.00 e. The van der Waals surface area contributed by atoms with E-state index in [2.05, 4.69) is 36.3 Å². The summed E-state index contributed by atoms with van der Waals surface area (Å²) in [6, 6.07) is 9.00. The van der Waals surface area contributed by atoms with Crippen LogP contribution in [0, 0.1) is 13.8 Å². The number of rotatable bonds is 4. The van der Waals surface area contributed by atoms with Crippen molar-refractivity contribution in [2.45, 2.75) is 13.8 Å². The predicted octanol–water partition coefficient (Wildman–Crippen LogP) is 2.52. The third-order valence-electron chi connectivity index (χ3n) is 3.72. The van der Waals surface area contributed by atoms with E-state index in [0.717, 1.165) is 15.3 Å². The Kier molecular flexibility index (Phi) is 6.26. The van der Waals surface area contributed by atoms with Crippen LogP contribution in [-0.4, -0.2) is 17.3 Å². The molecular weight excluding hydrogens is 431 g/mol. The van der Waals surface area contributed by atoms with E-state index in [4.69, 9.17) is 23.2 Å². The number of hydrogen-bond donors (Lipinski definition) is 1. The second-order valence-electron chi connectivity index (χ2n) is 5.27. The zero-order valence-electron chi connectivity index (χ0n) is 13.0. The molecular formula is C17H14BrCl2N2OS-. The first-order chi connectivity index (χ1) is 11.0. The van der Waals surface area contributed by atoms with Gasteiger partial charge >= 0.3 is 0 Å². The van der Waals surface area contributed by atoms with Gasteiger partial charge in [-0.25, -0.2) is 4.98 Å². The van der Waals surface area contributed by atoms with E-state index in [1.807, 2.05) is 0 Å². The van der Waals surface area contributed by atoms with Crippen molar-refractivity contribution in [3.8, 4) is 0 Å². The van der Waals surface area contributed by atoms with Crippen LogP contribution in [0.5, 0.6) is 0 Å². The Labute approximate surface area is 164 Å². The van der Waals surface area contributed by atoms with Gasteiger partial charge in [-0.2, -0.15) is 0 Å². The number of hydrogen-bond acceptors (Lipinski definition) is 4. The van der Waals surface area contributed by atoms with Crippen molar-refractivity contribution in [1.29, 1.82) is 0 Å². The maximum absolute atomic E-state index is 12.3. The average Bonchev–Trinajstić information content (AvgIpc) is 2.92. The summed E-state index contributed by atoms with van der Waals surface area (Å²) in [6.45, 7) is 4.26. The van der Waals surface area contributed by atoms with Crippen molar-refractivity contribution >= 4 is 55.7 Å². The van der Waals surface area contributed by atoms with Crippen LogP contribution in [0.2, 0.25) is 10.0 Å². The molecule has 0 unspecified atom stereocenters. The van der Waals surface area contributed by atoms with Crippen molar-refractivity contribution in [1.82, 2.24) is 4.98 Å². The number of halogens is 3. The van der Waals surface area contributed by atoms with Crippen LogP contribution in [0.1, 0.15) is 21.5 Å². The average molecular weight is 445 g/mol. The number of carbonyl (C=O) groups excluding carboxylic acids is 1. The maximum atomic E-state index is 12.3. The molecule has 0 saturated carbocycles. The van der Waals surface area contributed by atoms with Gasteiger partial charge in [-0.1, -0.05) is 40.6 Å². The van der Waals surface area contributed by atoms with E-state index in [1.54, 1.807) is 18.2 Å². The third kappa shape index (κ3) is 3.91. The molecule has 0 saturated heterocycles. The maximum Gasteiger partial charge on any atom is 0.184 e. The SMILES string of the molecule is Cc1ccc2sc(NCC(=O)c3ccc(Cl)cc3Cl)nc2c1C.[Br-]. The van der Waals surface area contributed by atoms with E-state index in [0.29, 0.717) is 15.6 Å². The Morgan fingerprint density at radius 2 is 1.96 bits per heavy atom. The minimum absolute atomic E-state index is 0. The summed E-state index contributed by atoms with van der Waals surface area (Å²) < 4.78 is 1.10. The summed E-state index contributed by atoms with van der Waals surface area (Å²) in [7, 11) is 0. The van der Waals surface area contributed by atoms with Crippen molar-refractivity contribution in [2.75, 3.05) is 11.9 Å². The van der Waals surface area contributed by atoms with Gasteiger partial charge in [-0.3, -0.25) is 4.79 Å². The number of anilines is 1. The highest BCUT2D eigenvalue weighted by Crippen LogP contribution is 2.29. The van der Waals surface area contributed by atoms with Gasteiger partial charge in [0, 0.05) is 10.6 Å². The van der Waals surface area contributed by atoms with E-state index in [1.165, 1.54) is 22.5 Å². The normalized spacial score (nSPS) is 10.5. The molecule has 1 N–H and O–H groups in total. The number of benzene rings is 2. The van der Waals surface area contributed by atoms with Crippen molar-refractivity contribution < 1.29 is 21.8 Å². The summed E-state index contributed by atoms with van der Waals surface area (Å²) >= 11 is 13.4. The molecule has 0 bridgehead atoms. The first kappa shape index (κ1) is 19.2. The lowest BCUT2D eigenvalue weighted by Crippen LogP contribution is -3.00. The minimum Gasteiger partial charge on any atom is -1.00 e. The molecule has 1 heterocycles. The van der Waals surface area contributed by atoms with Gasteiger partial charge in [-0.05, 0) is 49.2 Å². The van der Waals surface area contributed by atoms with Crippen molar-refractivity contribution in [2.24, 2.45) is 0 Å². The standard InChI is InChI=1S/C17H14Cl2N2OS.BrH/c1-9-3-6-15-16(10(9)2)21-17(23-15)20-8-14(22)12-5-4-11(18)7-13(12)19;/h3-7H,8H2,1-2H3,(H,20,21);1H/p-1. The lowest BCUT2D eigenvalue weighted by molar-refractivity contribution is -0.0000122. The number of thiazole rings is 1. The highest BCUT2D eigenvalue weighted by Gasteiger charge is 2.12. The molecule has 3 rings (SSSR count). The molecule has 0 aliphatic heterocycles.